The predicted octanol–water partition coefficient (Wildman–Crippen LogP) is 3.58. The molecule has 3 nitrogen and oxygen atoms in total. The lowest BCUT2D eigenvalue weighted by molar-refractivity contribution is 0.0976. The van der Waals surface area contributed by atoms with E-state index in [4.69, 9.17) is 0 Å². The summed E-state index contributed by atoms with van der Waals surface area (Å²) in [6, 6.07) is 7.38. The van der Waals surface area contributed by atoms with Gasteiger partial charge in [-0.2, -0.15) is 0 Å². The zero-order valence-electron chi connectivity index (χ0n) is 9.89. The zero-order valence-corrected chi connectivity index (χ0v) is 12.3. The van der Waals surface area contributed by atoms with Gasteiger partial charge in [0.2, 0.25) is 0 Å². The second-order valence-corrected chi connectivity index (χ2v) is 6.10. The highest BCUT2D eigenvalue weighted by atomic mass is 79.9. The monoisotopic (exact) mass is 327 g/mol. The van der Waals surface area contributed by atoms with Gasteiger partial charge in [0.1, 0.15) is 0 Å². The van der Waals surface area contributed by atoms with Gasteiger partial charge in [-0.05, 0) is 18.6 Å². The number of hydrogen-bond donors (Lipinski definition) is 0. The van der Waals surface area contributed by atoms with Gasteiger partial charge in [-0.3, -0.25) is 9.59 Å². The van der Waals surface area contributed by atoms with Crippen molar-refractivity contribution in [3.8, 4) is 0 Å². The summed E-state index contributed by atoms with van der Waals surface area (Å²) in [5.74, 6) is 1.02. The van der Waals surface area contributed by atoms with Gasteiger partial charge in [-0.1, -0.05) is 39.8 Å². The van der Waals surface area contributed by atoms with E-state index in [9.17, 15) is 9.59 Å². The van der Waals surface area contributed by atoms with Gasteiger partial charge in [0, 0.05) is 35.3 Å². The number of Topliss-reactive ketones (excluding diaryl/α,β-unsaturated/α-hetero) is 1. The van der Waals surface area contributed by atoms with Crippen LogP contribution in [0.2, 0.25) is 0 Å². The molecule has 1 amide bonds. The van der Waals surface area contributed by atoms with Crippen molar-refractivity contribution >= 4 is 38.7 Å². The van der Waals surface area contributed by atoms with Crippen molar-refractivity contribution in [3.63, 3.8) is 0 Å². The molecule has 2 rings (SSSR count). The maximum absolute atomic E-state index is 11.9. The molecule has 0 spiro atoms. The first kappa shape index (κ1) is 13.6. The molecule has 1 aromatic carbocycles. The van der Waals surface area contributed by atoms with Crippen LogP contribution in [0, 0.1) is 0 Å². The van der Waals surface area contributed by atoms with Gasteiger partial charge in [0.25, 0.3) is 5.24 Å². The van der Waals surface area contributed by atoms with Crippen LogP contribution in [0.4, 0.5) is 4.79 Å². The minimum absolute atomic E-state index is 0.141. The van der Waals surface area contributed by atoms with Crippen LogP contribution in [0.15, 0.2) is 28.7 Å². The molecule has 0 bridgehead atoms. The molecule has 1 fully saturated rings. The molecule has 0 atom stereocenters. The molecule has 0 N–H and O–H groups in total. The Morgan fingerprint density at radius 1 is 1.33 bits per heavy atom. The van der Waals surface area contributed by atoms with Crippen LogP contribution in [0.5, 0.6) is 0 Å². The first-order valence-electron chi connectivity index (χ1n) is 5.87. The van der Waals surface area contributed by atoms with Crippen molar-refractivity contribution in [1.29, 1.82) is 0 Å². The van der Waals surface area contributed by atoms with Crippen molar-refractivity contribution in [1.82, 2.24) is 4.90 Å². The smallest absolute Gasteiger partial charge is 0.281 e. The molecule has 1 aliphatic heterocycles. The van der Waals surface area contributed by atoms with E-state index < -0.39 is 0 Å². The molecule has 5 heteroatoms. The summed E-state index contributed by atoms with van der Waals surface area (Å²) in [6.45, 7) is 1.50. The Morgan fingerprint density at radius 2 is 2.06 bits per heavy atom. The van der Waals surface area contributed by atoms with Gasteiger partial charge in [0.05, 0.1) is 0 Å². The van der Waals surface area contributed by atoms with Crippen LogP contribution < -0.4 is 0 Å². The molecule has 1 heterocycles. The summed E-state index contributed by atoms with van der Waals surface area (Å²) in [7, 11) is 0. The van der Waals surface area contributed by atoms with Crippen molar-refractivity contribution in [2.45, 2.75) is 12.8 Å². The van der Waals surface area contributed by atoms with E-state index >= 15 is 0 Å². The minimum Gasteiger partial charge on any atom is -0.333 e. The maximum atomic E-state index is 11.9. The molecular formula is C13H14BrNO2S. The lowest BCUT2D eigenvalue weighted by Gasteiger charge is -2.13. The lowest BCUT2D eigenvalue weighted by atomic mass is 10.1. The van der Waals surface area contributed by atoms with E-state index in [1.54, 1.807) is 0 Å². The molecule has 0 radical (unpaired) electrons. The Morgan fingerprint density at radius 3 is 2.67 bits per heavy atom. The molecule has 18 heavy (non-hydrogen) atoms. The maximum Gasteiger partial charge on any atom is 0.281 e. The molecule has 0 saturated carbocycles. The largest absolute Gasteiger partial charge is 0.333 e. The Labute approximate surface area is 119 Å². The number of amides is 1. The molecule has 0 unspecified atom stereocenters. The number of halogens is 1. The number of benzene rings is 1. The summed E-state index contributed by atoms with van der Waals surface area (Å²) in [5, 5.41) is 0.145. The third kappa shape index (κ3) is 3.59. The summed E-state index contributed by atoms with van der Waals surface area (Å²) in [6.07, 6.45) is 1.23. The molecule has 96 valence electrons. The van der Waals surface area contributed by atoms with E-state index in [0.29, 0.717) is 13.0 Å². The summed E-state index contributed by atoms with van der Waals surface area (Å²) in [5.41, 5.74) is 0.736. The van der Waals surface area contributed by atoms with Gasteiger partial charge in [0.15, 0.2) is 5.78 Å². The standard InChI is InChI=1S/C13H14BrNO2S/c14-11-5-3-10(4-6-11)12(16)2-1-7-15-8-9-18-13(15)17/h3-6H,1-2,7-9H2. The van der Waals surface area contributed by atoms with Gasteiger partial charge < -0.3 is 4.90 Å². The van der Waals surface area contributed by atoms with Crippen LogP contribution in [-0.4, -0.2) is 34.8 Å². The molecule has 0 aliphatic carbocycles. The highest BCUT2D eigenvalue weighted by Gasteiger charge is 2.20. The highest BCUT2D eigenvalue weighted by Crippen LogP contribution is 2.18. The first-order chi connectivity index (χ1) is 8.66. The van der Waals surface area contributed by atoms with E-state index in [1.807, 2.05) is 29.2 Å². The molecular weight excluding hydrogens is 314 g/mol. The number of carbonyl (C=O) groups is 2. The quantitative estimate of drug-likeness (QED) is 0.776. The van der Waals surface area contributed by atoms with Crippen molar-refractivity contribution < 1.29 is 9.59 Å². The van der Waals surface area contributed by atoms with Crippen LogP contribution in [0.25, 0.3) is 0 Å². The number of ketones is 1. The van der Waals surface area contributed by atoms with E-state index in [1.165, 1.54) is 11.8 Å². The number of nitrogens with zero attached hydrogens (tertiary/aromatic N) is 1. The average Bonchev–Trinajstić information content (AvgIpc) is 2.76. The Kier molecular flexibility index (Phi) is 4.83. The van der Waals surface area contributed by atoms with Crippen molar-refractivity contribution in [3.05, 3.63) is 34.3 Å². The second-order valence-electron chi connectivity index (χ2n) is 4.14. The van der Waals surface area contributed by atoms with Crippen molar-refractivity contribution in [2.75, 3.05) is 18.8 Å². The first-order valence-corrected chi connectivity index (χ1v) is 7.65. The summed E-state index contributed by atoms with van der Waals surface area (Å²) >= 11 is 4.70. The minimum atomic E-state index is 0.141. The molecule has 1 aliphatic rings. The Hall–Kier alpha value is -0.810. The van der Waals surface area contributed by atoms with E-state index in [0.717, 1.165) is 28.8 Å². The predicted molar refractivity (Wildman–Crippen MR) is 77.1 cm³/mol. The summed E-state index contributed by atoms with van der Waals surface area (Å²) in [4.78, 5) is 25.1. The zero-order chi connectivity index (χ0) is 13.0. The van der Waals surface area contributed by atoms with Crippen molar-refractivity contribution in [2.24, 2.45) is 0 Å². The summed E-state index contributed by atoms with van der Waals surface area (Å²) < 4.78 is 0.971. The normalized spacial score (nSPS) is 15.2. The topological polar surface area (TPSA) is 37.4 Å². The SMILES string of the molecule is O=C(CCCN1CCSC1=O)c1ccc(Br)cc1. The third-order valence-electron chi connectivity index (χ3n) is 2.84. The fraction of sp³-hybridized carbons (Fsp3) is 0.385. The Balaban J connectivity index is 1.78. The number of carbonyl (C=O) groups excluding carboxylic acids is 2. The van der Waals surface area contributed by atoms with Crippen LogP contribution in [0.1, 0.15) is 23.2 Å². The number of thioether (sulfide) groups is 1. The van der Waals surface area contributed by atoms with Crippen LogP contribution in [-0.2, 0) is 0 Å². The number of rotatable bonds is 5. The van der Waals surface area contributed by atoms with E-state index in [2.05, 4.69) is 15.9 Å². The van der Waals surface area contributed by atoms with Crippen LogP contribution >= 0.6 is 27.7 Å². The highest BCUT2D eigenvalue weighted by molar-refractivity contribution is 9.10. The molecule has 1 aromatic rings. The fourth-order valence-electron chi connectivity index (χ4n) is 1.84. The third-order valence-corrected chi connectivity index (χ3v) is 4.26. The Bertz CT molecular complexity index is 447. The molecule has 1 saturated heterocycles. The fourth-order valence-corrected chi connectivity index (χ4v) is 2.96. The number of hydrogen-bond acceptors (Lipinski definition) is 3. The second kappa shape index (κ2) is 6.38. The van der Waals surface area contributed by atoms with Gasteiger partial charge in [-0.25, -0.2) is 0 Å². The van der Waals surface area contributed by atoms with Gasteiger partial charge in [-0.15, -0.1) is 0 Å². The molecule has 0 aromatic heterocycles. The van der Waals surface area contributed by atoms with Gasteiger partial charge >= 0.3 is 0 Å². The van der Waals surface area contributed by atoms with Crippen LogP contribution in [0.3, 0.4) is 0 Å². The van der Waals surface area contributed by atoms with E-state index in [-0.39, 0.29) is 11.0 Å². The average molecular weight is 328 g/mol. The lowest BCUT2D eigenvalue weighted by Crippen LogP contribution is -2.24.